The topological polar surface area (TPSA) is 15.3 Å². The summed E-state index contributed by atoms with van der Waals surface area (Å²) in [7, 11) is 0. The number of piperidine rings is 3. The first-order valence-electron chi connectivity index (χ1n) is 7.69. The van der Waals surface area contributed by atoms with E-state index in [1.165, 1.54) is 49.2 Å². The van der Waals surface area contributed by atoms with Gasteiger partial charge in [-0.3, -0.25) is 0 Å². The number of nitrogens with zero attached hydrogens (tertiary/aromatic N) is 1. The maximum absolute atomic E-state index is 3.89. The molecule has 2 bridgehead atoms. The molecule has 1 aromatic rings. The Morgan fingerprint density at radius 3 is 2.53 bits per heavy atom. The molecule has 1 N–H and O–H groups in total. The fraction of sp³-hybridized carbons (Fsp3) is 0.647. The van der Waals surface area contributed by atoms with Crippen LogP contribution >= 0.6 is 0 Å². The van der Waals surface area contributed by atoms with Crippen molar-refractivity contribution in [2.75, 3.05) is 19.6 Å². The van der Waals surface area contributed by atoms with Crippen LogP contribution in [0.1, 0.15) is 42.5 Å². The minimum atomic E-state index is 0.464. The zero-order chi connectivity index (χ0) is 13.4. The Labute approximate surface area is 117 Å². The van der Waals surface area contributed by atoms with Gasteiger partial charge in [0, 0.05) is 18.6 Å². The summed E-state index contributed by atoms with van der Waals surface area (Å²) in [4.78, 5) is 2.62. The molecule has 0 spiro atoms. The van der Waals surface area contributed by atoms with Gasteiger partial charge in [0.2, 0.25) is 0 Å². The third-order valence-electron chi connectivity index (χ3n) is 5.01. The molecule has 3 heterocycles. The molecule has 0 aliphatic carbocycles. The largest absolute Gasteiger partial charge is 0.306 e. The maximum atomic E-state index is 3.89. The van der Waals surface area contributed by atoms with E-state index in [2.05, 4.69) is 49.2 Å². The Morgan fingerprint density at radius 2 is 1.95 bits per heavy atom. The van der Waals surface area contributed by atoms with Crippen LogP contribution in [0.25, 0.3) is 0 Å². The molecule has 3 fully saturated rings. The number of rotatable bonds is 3. The van der Waals surface area contributed by atoms with Gasteiger partial charge < -0.3 is 10.2 Å². The van der Waals surface area contributed by atoms with E-state index in [9.17, 15) is 0 Å². The van der Waals surface area contributed by atoms with Gasteiger partial charge in [0.1, 0.15) is 0 Å². The standard InChI is InChI=1S/C17H26N2/c1-12-4-5-16(13(2)10-12)14(3)18-17-11-19-8-6-15(17)7-9-19/h4-5,10,14-15,17-18H,6-9,11H2,1-3H3. The highest BCUT2D eigenvalue weighted by molar-refractivity contribution is 5.32. The van der Waals surface area contributed by atoms with Crippen molar-refractivity contribution in [1.29, 1.82) is 0 Å². The van der Waals surface area contributed by atoms with Crippen molar-refractivity contribution in [1.82, 2.24) is 10.2 Å². The Balaban J connectivity index is 1.69. The maximum Gasteiger partial charge on any atom is 0.0297 e. The van der Waals surface area contributed by atoms with E-state index in [-0.39, 0.29) is 0 Å². The van der Waals surface area contributed by atoms with Gasteiger partial charge in [-0.25, -0.2) is 0 Å². The molecular formula is C17H26N2. The molecule has 0 saturated carbocycles. The summed E-state index contributed by atoms with van der Waals surface area (Å²) in [5, 5.41) is 3.89. The van der Waals surface area contributed by atoms with Crippen molar-refractivity contribution in [3.8, 4) is 0 Å². The molecule has 3 saturated heterocycles. The fourth-order valence-corrected chi connectivity index (χ4v) is 3.88. The molecule has 0 amide bonds. The first kappa shape index (κ1) is 13.1. The van der Waals surface area contributed by atoms with Crippen LogP contribution < -0.4 is 5.32 Å². The van der Waals surface area contributed by atoms with Crippen molar-refractivity contribution < 1.29 is 0 Å². The van der Waals surface area contributed by atoms with Crippen molar-refractivity contribution in [2.45, 2.75) is 45.7 Å². The second-order valence-corrected chi connectivity index (χ2v) is 6.49. The molecule has 0 radical (unpaired) electrons. The van der Waals surface area contributed by atoms with E-state index < -0.39 is 0 Å². The number of hydrogen-bond acceptors (Lipinski definition) is 2. The van der Waals surface area contributed by atoms with Crippen LogP contribution in [-0.4, -0.2) is 30.6 Å². The average molecular weight is 258 g/mol. The summed E-state index contributed by atoms with van der Waals surface area (Å²) in [6.07, 6.45) is 2.77. The monoisotopic (exact) mass is 258 g/mol. The van der Waals surface area contributed by atoms with Gasteiger partial charge in [-0.05, 0) is 63.7 Å². The van der Waals surface area contributed by atoms with E-state index in [0.717, 1.165) is 5.92 Å². The van der Waals surface area contributed by atoms with Gasteiger partial charge in [-0.1, -0.05) is 23.8 Å². The predicted molar refractivity (Wildman–Crippen MR) is 80.4 cm³/mol. The highest BCUT2D eigenvalue weighted by Crippen LogP contribution is 2.29. The molecule has 2 heteroatoms. The van der Waals surface area contributed by atoms with Crippen LogP contribution in [0.5, 0.6) is 0 Å². The number of hydrogen-bond donors (Lipinski definition) is 1. The fourth-order valence-electron chi connectivity index (χ4n) is 3.88. The summed E-state index contributed by atoms with van der Waals surface area (Å²) in [5.41, 5.74) is 4.24. The first-order valence-corrected chi connectivity index (χ1v) is 7.69. The van der Waals surface area contributed by atoms with Crippen LogP contribution in [-0.2, 0) is 0 Å². The van der Waals surface area contributed by atoms with Crippen molar-refractivity contribution in [2.24, 2.45) is 5.92 Å². The number of benzene rings is 1. The van der Waals surface area contributed by atoms with Gasteiger partial charge in [0.15, 0.2) is 0 Å². The minimum absolute atomic E-state index is 0.464. The minimum Gasteiger partial charge on any atom is -0.306 e. The third-order valence-corrected chi connectivity index (χ3v) is 5.01. The van der Waals surface area contributed by atoms with Gasteiger partial charge in [-0.2, -0.15) is 0 Å². The zero-order valence-electron chi connectivity index (χ0n) is 12.4. The molecule has 2 atom stereocenters. The second-order valence-electron chi connectivity index (χ2n) is 6.49. The molecule has 104 valence electrons. The molecule has 1 aromatic carbocycles. The van der Waals surface area contributed by atoms with Gasteiger partial charge >= 0.3 is 0 Å². The van der Waals surface area contributed by atoms with Crippen molar-refractivity contribution >= 4 is 0 Å². The average Bonchev–Trinajstić information content (AvgIpc) is 2.39. The lowest BCUT2D eigenvalue weighted by Gasteiger charge is -2.46. The highest BCUT2D eigenvalue weighted by atomic mass is 15.2. The number of aryl methyl sites for hydroxylation is 2. The molecule has 19 heavy (non-hydrogen) atoms. The van der Waals surface area contributed by atoms with E-state index in [1.54, 1.807) is 0 Å². The lowest BCUT2D eigenvalue weighted by atomic mass is 9.83. The second kappa shape index (κ2) is 5.26. The van der Waals surface area contributed by atoms with E-state index in [1.807, 2.05) is 0 Å². The Bertz CT molecular complexity index is 447. The van der Waals surface area contributed by atoms with Crippen molar-refractivity contribution in [3.63, 3.8) is 0 Å². The lowest BCUT2D eigenvalue weighted by molar-refractivity contribution is 0.0680. The normalized spacial score (nSPS) is 31.4. The molecule has 4 rings (SSSR count). The van der Waals surface area contributed by atoms with Crippen molar-refractivity contribution in [3.05, 3.63) is 34.9 Å². The summed E-state index contributed by atoms with van der Waals surface area (Å²) >= 11 is 0. The Kier molecular flexibility index (Phi) is 3.64. The van der Waals surface area contributed by atoms with Gasteiger partial charge in [-0.15, -0.1) is 0 Å². The lowest BCUT2D eigenvalue weighted by Crippen LogP contribution is -2.56. The first-order chi connectivity index (χ1) is 9.13. The van der Waals surface area contributed by atoms with E-state index in [0.29, 0.717) is 12.1 Å². The predicted octanol–water partition coefficient (Wildman–Crippen LogP) is 3.05. The third kappa shape index (κ3) is 2.70. The van der Waals surface area contributed by atoms with Gasteiger partial charge in [0.25, 0.3) is 0 Å². The van der Waals surface area contributed by atoms with Gasteiger partial charge in [0.05, 0.1) is 0 Å². The molecule has 0 aromatic heterocycles. The highest BCUT2D eigenvalue weighted by Gasteiger charge is 2.34. The summed E-state index contributed by atoms with van der Waals surface area (Å²) < 4.78 is 0. The van der Waals surface area contributed by atoms with E-state index >= 15 is 0 Å². The van der Waals surface area contributed by atoms with Crippen LogP contribution in [0.4, 0.5) is 0 Å². The van der Waals surface area contributed by atoms with E-state index in [4.69, 9.17) is 0 Å². The summed E-state index contributed by atoms with van der Waals surface area (Å²) in [5.74, 6) is 0.901. The molecular weight excluding hydrogens is 232 g/mol. The Morgan fingerprint density at radius 1 is 1.21 bits per heavy atom. The van der Waals surface area contributed by atoms with Crippen LogP contribution in [0.3, 0.4) is 0 Å². The zero-order valence-corrected chi connectivity index (χ0v) is 12.4. The van der Waals surface area contributed by atoms with Crippen LogP contribution in [0, 0.1) is 19.8 Å². The molecule has 3 aliphatic rings. The smallest absolute Gasteiger partial charge is 0.0297 e. The Hall–Kier alpha value is -0.860. The van der Waals surface area contributed by atoms with Crippen LogP contribution in [0.15, 0.2) is 18.2 Å². The van der Waals surface area contributed by atoms with Crippen LogP contribution in [0.2, 0.25) is 0 Å². The number of fused-ring (bicyclic) bond motifs is 3. The molecule has 2 nitrogen and oxygen atoms in total. The SMILES string of the molecule is Cc1ccc(C(C)NC2CN3CCC2CC3)c(C)c1. The summed E-state index contributed by atoms with van der Waals surface area (Å²) in [6, 6.07) is 7.98. The quantitative estimate of drug-likeness (QED) is 0.896. The number of nitrogens with one attached hydrogen (secondary N) is 1. The molecule has 2 unspecified atom stereocenters. The molecule has 3 aliphatic heterocycles. The summed E-state index contributed by atoms with van der Waals surface area (Å²) in [6.45, 7) is 10.6.